The smallest absolute Gasteiger partial charge is 0.338 e. The van der Waals surface area contributed by atoms with Crippen LogP contribution in [0.25, 0.3) is 0 Å². The summed E-state index contributed by atoms with van der Waals surface area (Å²) >= 11 is 3.01. The molecule has 0 aromatic heterocycles. The van der Waals surface area contributed by atoms with Crippen molar-refractivity contribution in [3.63, 3.8) is 0 Å². The highest BCUT2D eigenvalue weighted by Crippen LogP contribution is 2.38. The molecule has 4 nitrogen and oxygen atoms in total. The van der Waals surface area contributed by atoms with Crippen LogP contribution < -0.4 is 0 Å². The van der Waals surface area contributed by atoms with Gasteiger partial charge in [0.2, 0.25) is 0 Å². The first-order chi connectivity index (χ1) is 6.49. The topological polar surface area (TPSA) is 66.8 Å². The maximum absolute atomic E-state index is 11.2. The number of phenolic OH excluding ortho intramolecular Hbond substituents is 2. The standard InChI is InChI=1S/C9H9BrO4/c1-4-5(9(13)14-2)3-6(10)8(12)7(4)11/h3,11-12H,1-2H3. The normalized spacial score (nSPS) is 9.93. The third-order valence-electron chi connectivity index (χ3n) is 1.89. The summed E-state index contributed by atoms with van der Waals surface area (Å²) in [6.45, 7) is 1.52. The van der Waals surface area contributed by atoms with Crippen LogP contribution in [0.4, 0.5) is 0 Å². The molecular weight excluding hydrogens is 252 g/mol. The summed E-state index contributed by atoms with van der Waals surface area (Å²) in [4.78, 5) is 11.2. The van der Waals surface area contributed by atoms with Crippen LogP contribution in [0, 0.1) is 6.92 Å². The van der Waals surface area contributed by atoms with Crippen molar-refractivity contribution in [2.24, 2.45) is 0 Å². The van der Waals surface area contributed by atoms with Crippen LogP contribution in [0.3, 0.4) is 0 Å². The van der Waals surface area contributed by atoms with Gasteiger partial charge < -0.3 is 14.9 Å². The molecule has 0 aliphatic carbocycles. The Morgan fingerprint density at radius 2 is 2.00 bits per heavy atom. The van der Waals surface area contributed by atoms with Gasteiger partial charge in [-0.3, -0.25) is 0 Å². The molecule has 14 heavy (non-hydrogen) atoms. The van der Waals surface area contributed by atoms with Gasteiger partial charge in [-0.1, -0.05) is 0 Å². The quantitative estimate of drug-likeness (QED) is 0.599. The highest BCUT2D eigenvalue weighted by Gasteiger charge is 2.17. The van der Waals surface area contributed by atoms with Gasteiger partial charge in [-0.25, -0.2) is 4.79 Å². The number of ether oxygens (including phenoxy) is 1. The molecule has 0 amide bonds. The molecule has 1 rings (SSSR count). The number of hydrogen-bond donors (Lipinski definition) is 2. The number of rotatable bonds is 1. The van der Waals surface area contributed by atoms with E-state index in [-0.39, 0.29) is 27.1 Å². The number of carbonyl (C=O) groups is 1. The Bertz CT molecular complexity index is 387. The number of carbonyl (C=O) groups excluding carboxylic acids is 1. The average Bonchev–Trinajstić information content (AvgIpc) is 2.19. The third-order valence-corrected chi connectivity index (χ3v) is 2.49. The third kappa shape index (κ3) is 1.68. The van der Waals surface area contributed by atoms with Crippen molar-refractivity contribution in [2.45, 2.75) is 6.92 Å². The minimum atomic E-state index is -0.557. The Kier molecular flexibility index (Phi) is 3.00. The number of aromatic hydroxyl groups is 2. The molecule has 76 valence electrons. The van der Waals surface area contributed by atoms with Gasteiger partial charge in [-0.05, 0) is 28.9 Å². The van der Waals surface area contributed by atoms with E-state index in [1.165, 1.54) is 20.1 Å². The van der Waals surface area contributed by atoms with Crippen molar-refractivity contribution in [3.8, 4) is 11.5 Å². The van der Waals surface area contributed by atoms with Crippen LogP contribution in [0.5, 0.6) is 11.5 Å². The largest absolute Gasteiger partial charge is 0.504 e. The van der Waals surface area contributed by atoms with Gasteiger partial charge in [0.05, 0.1) is 17.1 Å². The molecule has 1 aromatic rings. The van der Waals surface area contributed by atoms with Crippen molar-refractivity contribution in [1.82, 2.24) is 0 Å². The molecule has 1 aromatic carbocycles. The van der Waals surface area contributed by atoms with E-state index < -0.39 is 5.97 Å². The van der Waals surface area contributed by atoms with Gasteiger partial charge in [-0.2, -0.15) is 0 Å². The lowest BCUT2D eigenvalue weighted by molar-refractivity contribution is 0.0599. The molecule has 0 bridgehead atoms. The summed E-state index contributed by atoms with van der Waals surface area (Å²) < 4.78 is 4.77. The zero-order valence-corrected chi connectivity index (χ0v) is 9.25. The highest BCUT2D eigenvalue weighted by molar-refractivity contribution is 9.10. The predicted octanol–water partition coefficient (Wildman–Crippen LogP) is 1.96. The first kappa shape index (κ1) is 10.8. The summed E-state index contributed by atoms with van der Waals surface area (Å²) in [5.41, 5.74) is 0.507. The fourth-order valence-corrected chi connectivity index (χ4v) is 1.46. The summed E-state index contributed by atoms with van der Waals surface area (Å²) in [7, 11) is 1.25. The Balaban J connectivity index is 3.40. The zero-order chi connectivity index (χ0) is 10.9. The lowest BCUT2D eigenvalue weighted by Crippen LogP contribution is -2.04. The fourth-order valence-electron chi connectivity index (χ4n) is 1.04. The van der Waals surface area contributed by atoms with Crippen molar-refractivity contribution < 1.29 is 19.7 Å². The van der Waals surface area contributed by atoms with Gasteiger partial charge in [0.15, 0.2) is 11.5 Å². The molecule has 0 heterocycles. The van der Waals surface area contributed by atoms with E-state index in [2.05, 4.69) is 20.7 Å². The first-order valence-corrected chi connectivity index (χ1v) is 4.57. The molecule has 0 aliphatic rings. The number of hydrogen-bond acceptors (Lipinski definition) is 4. The maximum atomic E-state index is 11.2. The number of methoxy groups -OCH3 is 1. The van der Waals surface area contributed by atoms with Crippen molar-refractivity contribution in [1.29, 1.82) is 0 Å². The molecule has 2 N–H and O–H groups in total. The van der Waals surface area contributed by atoms with Gasteiger partial charge in [0.25, 0.3) is 0 Å². The van der Waals surface area contributed by atoms with Crippen LogP contribution >= 0.6 is 15.9 Å². The van der Waals surface area contributed by atoms with Crippen LogP contribution in [-0.2, 0) is 4.74 Å². The van der Waals surface area contributed by atoms with Crippen molar-refractivity contribution in [2.75, 3.05) is 7.11 Å². The molecule has 0 spiro atoms. The summed E-state index contributed by atoms with van der Waals surface area (Å²) in [6, 6.07) is 1.40. The summed E-state index contributed by atoms with van der Waals surface area (Å²) in [5.74, 6) is -1.16. The highest BCUT2D eigenvalue weighted by atomic mass is 79.9. The number of halogens is 1. The molecule has 5 heteroatoms. The summed E-state index contributed by atoms with van der Waals surface area (Å²) in [5, 5.41) is 18.7. The Morgan fingerprint density at radius 1 is 1.43 bits per heavy atom. The van der Waals surface area contributed by atoms with E-state index in [1.54, 1.807) is 0 Å². The van der Waals surface area contributed by atoms with E-state index in [4.69, 9.17) is 0 Å². The van der Waals surface area contributed by atoms with Crippen molar-refractivity contribution >= 4 is 21.9 Å². The van der Waals surface area contributed by atoms with E-state index in [1.807, 2.05) is 0 Å². The Labute approximate surface area is 89.3 Å². The maximum Gasteiger partial charge on any atom is 0.338 e. The molecule has 0 radical (unpaired) electrons. The number of phenols is 2. The monoisotopic (exact) mass is 260 g/mol. The Hall–Kier alpha value is -1.23. The molecule has 0 unspecified atom stereocenters. The minimum absolute atomic E-state index is 0.217. The molecule has 0 aliphatic heterocycles. The first-order valence-electron chi connectivity index (χ1n) is 3.78. The van der Waals surface area contributed by atoms with E-state index in [0.717, 1.165) is 0 Å². The van der Waals surface area contributed by atoms with Crippen LogP contribution in [-0.4, -0.2) is 23.3 Å². The number of benzene rings is 1. The molecule has 0 fully saturated rings. The van der Waals surface area contributed by atoms with E-state index in [9.17, 15) is 15.0 Å². The number of esters is 1. The van der Waals surface area contributed by atoms with E-state index in [0.29, 0.717) is 0 Å². The fraction of sp³-hybridized carbons (Fsp3) is 0.222. The van der Waals surface area contributed by atoms with Gasteiger partial charge in [-0.15, -0.1) is 0 Å². The minimum Gasteiger partial charge on any atom is -0.504 e. The lowest BCUT2D eigenvalue weighted by Gasteiger charge is -2.08. The SMILES string of the molecule is COC(=O)c1cc(Br)c(O)c(O)c1C. The molecule has 0 saturated carbocycles. The molecule has 0 atom stereocenters. The lowest BCUT2D eigenvalue weighted by atomic mass is 10.1. The van der Waals surface area contributed by atoms with Gasteiger partial charge in [0, 0.05) is 5.56 Å². The van der Waals surface area contributed by atoms with Crippen LogP contribution in [0.1, 0.15) is 15.9 Å². The van der Waals surface area contributed by atoms with Crippen LogP contribution in [0.15, 0.2) is 10.5 Å². The van der Waals surface area contributed by atoms with Crippen molar-refractivity contribution in [3.05, 3.63) is 21.7 Å². The predicted molar refractivity (Wildman–Crippen MR) is 53.5 cm³/mol. The molecular formula is C9H9BrO4. The van der Waals surface area contributed by atoms with E-state index >= 15 is 0 Å². The van der Waals surface area contributed by atoms with Gasteiger partial charge >= 0.3 is 5.97 Å². The van der Waals surface area contributed by atoms with Gasteiger partial charge in [0.1, 0.15) is 0 Å². The molecule has 0 saturated heterocycles. The second kappa shape index (κ2) is 3.88. The van der Waals surface area contributed by atoms with Crippen LogP contribution in [0.2, 0.25) is 0 Å². The average molecular weight is 261 g/mol. The second-order valence-electron chi connectivity index (χ2n) is 2.72. The summed E-state index contributed by atoms with van der Waals surface area (Å²) in [6.07, 6.45) is 0. The second-order valence-corrected chi connectivity index (χ2v) is 3.57. The Morgan fingerprint density at radius 3 is 2.50 bits per heavy atom. The zero-order valence-electron chi connectivity index (χ0n) is 7.67.